The minimum atomic E-state index is 0.879. The number of rotatable bonds is 4. The molecule has 1 aromatic heterocycles. The van der Waals surface area contributed by atoms with Crippen LogP contribution >= 0.6 is 27.3 Å². The molecular weight excluding hydrogens is 288 g/mol. The lowest BCUT2D eigenvalue weighted by atomic mass is 10.3. The molecule has 0 N–H and O–H groups in total. The fourth-order valence-corrected chi connectivity index (χ4v) is 3.46. The van der Waals surface area contributed by atoms with Crippen LogP contribution in [0.4, 0.5) is 0 Å². The molecule has 0 aliphatic carbocycles. The lowest BCUT2D eigenvalue weighted by Crippen LogP contribution is -2.37. The quantitative estimate of drug-likeness (QED) is 0.798. The predicted molar refractivity (Wildman–Crippen MR) is 70.4 cm³/mol. The maximum Gasteiger partial charge on any atom is 0.0944 e. The molecule has 1 fully saturated rings. The summed E-state index contributed by atoms with van der Waals surface area (Å²) < 4.78 is 5.33. The Labute approximate surface area is 109 Å². The van der Waals surface area contributed by atoms with Gasteiger partial charge >= 0.3 is 0 Å². The van der Waals surface area contributed by atoms with Gasteiger partial charge in [-0.1, -0.05) is 15.9 Å². The van der Waals surface area contributed by atoms with Crippen molar-refractivity contribution in [1.29, 1.82) is 0 Å². The summed E-state index contributed by atoms with van der Waals surface area (Å²) in [7, 11) is 0. The van der Waals surface area contributed by atoms with Crippen LogP contribution in [-0.2, 0) is 16.5 Å². The van der Waals surface area contributed by atoms with Gasteiger partial charge in [0.25, 0.3) is 0 Å². The fraction of sp³-hybridized carbons (Fsp3) is 0.727. The standard InChI is InChI=1S/C11H17BrN2OS/c1-9-10(8-12)16-11(13-9)2-3-14-4-6-15-7-5-14/h2-8H2,1H3. The minimum Gasteiger partial charge on any atom is -0.379 e. The zero-order valence-electron chi connectivity index (χ0n) is 9.54. The Morgan fingerprint density at radius 1 is 1.44 bits per heavy atom. The molecule has 0 unspecified atom stereocenters. The first kappa shape index (κ1) is 12.5. The number of thiazole rings is 1. The van der Waals surface area contributed by atoms with Crippen molar-refractivity contribution >= 4 is 27.3 Å². The monoisotopic (exact) mass is 304 g/mol. The first-order chi connectivity index (χ1) is 7.79. The molecule has 0 bridgehead atoms. The number of hydrogen-bond donors (Lipinski definition) is 0. The largest absolute Gasteiger partial charge is 0.379 e. The molecule has 3 nitrogen and oxygen atoms in total. The van der Waals surface area contributed by atoms with Crippen molar-refractivity contribution in [3.05, 3.63) is 15.6 Å². The predicted octanol–water partition coefficient (Wildman–Crippen LogP) is 2.22. The van der Waals surface area contributed by atoms with E-state index in [0.29, 0.717) is 0 Å². The lowest BCUT2D eigenvalue weighted by molar-refractivity contribution is 0.0384. The van der Waals surface area contributed by atoms with Crippen LogP contribution in [0.5, 0.6) is 0 Å². The molecule has 5 heteroatoms. The molecule has 1 aliphatic heterocycles. The number of nitrogens with zero attached hydrogens (tertiary/aromatic N) is 2. The molecule has 0 atom stereocenters. The molecule has 2 heterocycles. The zero-order chi connectivity index (χ0) is 11.4. The molecule has 0 saturated carbocycles. The number of hydrogen-bond acceptors (Lipinski definition) is 4. The summed E-state index contributed by atoms with van der Waals surface area (Å²) in [5.41, 5.74) is 1.18. The van der Waals surface area contributed by atoms with E-state index in [1.54, 1.807) is 0 Å². The van der Waals surface area contributed by atoms with E-state index < -0.39 is 0 Å². The number of ether oxygens (including phenoxy) is 1. The highest BCUT2D eigenvalue weighted by atomic mass is 79.9. The van der Waals surface area contributed by atoms with Gasteiger partial charge in [0.05, 0.1) is 23.9 Å². The summed E-state index contributed by atoms with van der Waals surface area (Å²) in [6.45, 7) is 7.09. The first-order valence-corrected chi connectivity index (χ1v) is 7.54. The third-order valence-electron chi connectivity index (χ3n) is 2.80. The first-order valence-electron chi connectivity index (χ1n) is 5.61. The average Bonchev–Trinajstić information content (AvgIpc) is 2.69. The maximum absolute atomic E-state index is 5.33. The SMILES string of the molecule is Cc1nc(CCN2CCOCC2)sc1CBr. The minimum absolute atomic E-state index is 0.879. The summed E-state index contributed by atoms with van der Waals surface area (Å²) in [5.74, 6) is 0. The number of alkyl halides is 1. The van der Waals surface area contributed by atoms with Crippen molar-refractivity contribution in [2.75, 3.05) is 32.8 Å². The molecule has 1 saturated heterocycles. The highest BCUT2D eigenvalue weighted by Gasteiger charge is 2.12. The molecule has 1 aliphatic rings. The van der Waals surface area contributed by atoms with Crippen molar-refractivity contribution in [3.63, 3.8) is 0 Å². The summed E-state index contributed by atoms with van der Waals surface area (Å²) >= 11 is 5.32. The van der Waals surface area contributed by atoms with E-state index in [4.69, 9.17) is 4.74 Å². The molecule has 2 rings (SSSR count). The molecule has 0 radical (unpaired) electrons. The van der Waals surface area contributed by atoms with Gasteiger partial charge in [-0.15, -0.1) is 11.3 Å². The number of morpholine rings is 1. The second-order valence-electron chi connectivity index (χ2n) is 3.95. The van der Waals surface area contributed by atoms with Crippen molar-refractivity contribution < 1.29 is 4.74 Å². The molecule has 1 aromatic rings. The summed E-state index contributed by atoms with van der Waals surface area (Å²) in [6.07, 6.45) is 1.07. The van der Waals surface area contributed by atoms with E-state index in [0.717, 1.165) is 44.6 Å². The van der Waals surface area contributed by atoms with E-state index in [-0.39, 0.29) is 0 Å². The third kappa shape index (κ3) is 3.26. The van der Waals surface area contributed by atoms with E-state index in [1.807, 2.05) is 11.3 Å². The smallest absolute Gasteiger partial charge is 0.0944 e. The van der Waals surface area contributed by atoms with E-state index in [9.17, 15) is 0 Å². The molecule has 90 valence electrons. The van der Waals surface area contributed by atoms with Gasteiger partial charge in [-0.05, 0) is 6.92 Å². The third-order valence-corrected chi connectivity index (χ3v) is 4.95. The van der Waals surface area contributed by atoms with Gasteiger partial charge in [0.15, 0.2) is 0 Å². The van der Waals surface area contributed by atoms with Gasteiger partial charge in [0.1, 0.15) is 0 Å². The highest BCUT2D eigenvalue weighted by Crippen LogP contribution is 2.21. The summed E-state index contributed by atoms with van der Waals surface area (Å²) in [6, 6.07) is 0. The molecule has 16 heavy (non-hydrogen) atoms. The summed E-state index contributed by atoms with van der Waals surface area (Å²) in [4.78, 5) is 8.41. The van der Waals surface area contributed by atoms with Crippen LogP contribution in [0.25, 0.3) is 0 Å². The Morgan fingerprint density at radius 2 is 2.19 bits per heavy atom. The second kappa shape index (κ2) is 6.10. The Kier molecular flexibility index (Phi) is 4.76. The lowest BCUT2D eigenvalue weighted by Gasteiger charge is -2.25. The maximum atomic E-state index is 5.33. The van der Waals surface area contributed by atoms with Crippen LogP contribution in [-0.4, -0.2) is 42.7 Å². The van der Waals surface area contributed by atoms with Crippen molar-refractivity contribution in [2.24, 2.45) is 0 Å². The van der Waals surface area contributed by atoms with E-state index >= 15 is 0 Å². The fourth-order valence-electron chi connectivity index (χ4n) is 1.80. The number of aromatic nitrogens is 1. The van der Waals surface area contributed by atoms with Crippen LogP contribution in [0.2, 0.25) is 0 Å². The molecule has 0 aromatic carbocycles. The van der Waals surface area contributed by atoms with Gasteiger partial charge in [-0.3, -0.25) is 4.90 Å². The van der Waals surface area contributed by atoms with E-state index in [2.05, 4.69) is 32.7 Å². The van der Waals surface area contributed by atoms with Crippen LogP contribution in [0.3, 0.4) is 0 Å². The number of aryl methyl sites for hydroxylation is 1. The van der Waals surface area contributed by atoms with Crippen LogP contribution in [0, 0.1) is 6.92 Å². The zero-order valence-corrected chi connectivity index (χ0v) is 11.9. The highest BCUT2D eigenvalue weighted by molar-refractivity contribution is 9.08. The second-order valence-corrected chi connectivity index (χ2v) is 5.68. The van der Waals surface area contributed by atoms with Crippen molar-refractivity contribution in [3.8, 4) is 0 Å². The number of halogens is 1. The molecular formula is C11H17BrN2OS. The Balaban J connectivity index is 1.83. The molecule has 0 spiro atoms. The topological polar surface area (TPSA) is 25.4 Å². The van der Waals surface area contributed by atoms with Crippen LogP contribution < -0.4 is 0 Å². The van der Waals surface area contributed by atoms with Gasteiger partial charge < -0.3 is 4.74 Å². The molecule has 0 amide bonds. The Bertz CT molecular complexity index is 337. The van der Waals surface area contributed by atoms with Gasteiger partial charge in [0, 0.05) is 36.3 Å². The normalized spacial score (nSPS) is 17.9. The van der Waals surface area contributed by atoms with Crippen LogP contribution in [0.1, 0.15) is 15.6 Å². The van der Waals surface area contributed by atoms with Crippen molar-refractivity contribution in [2.45, 2.75) is 18.7 Å². The van der Waals surface area contributed by atoms with Crippen molar-refractivity contribution in [1.82, 2.24) is 9.88 Å². The van der Waals surface area contributed by atoms with Crippen LogP contribution in [0.15, 0.2) is 0 Å². The Hall–Kier alpha value is 0.0300. The van der Waals surface area contributed by atoms with E-state index in [1.165, 1.54) is 15.6 Å². The summed E-state index contributed by atoms with van der Waals surface area (Å²) in [5, 5.41) is 2.19. The van der Waals surface area contributed by atoms with Gasteiger partial charge in [-0.25, -0.2) is 4.98 Å². The Morgan fingerprint density at radius 3 is 2.81 bits per heavy atom. The van der Waals surface area contributed by atoms with Gasteiger partial charge in [0.2, 0.25) is 0 Å². The average molecular weight is 305 g/mol. The van der Waals surface area contributed by atoms with Gasteiger partial charge in [-0.2, -0.15) is 0 Å².